The molecule has 5 nitrogen and oxygen atoms in total. The van der Waals surface area contributed by atoms with Gasteiger partial charge in [0.05, 0.1) is 12.5 Å². The molecule has 1 aliphatic rings. The number of rotatable bonds is 5. The van der Waals surface area contributed by atoms with E-state index in [1.807, 2.05) is 44.2 Å². The number of nitrogens with zero attached hydrogens (tertiary/aromatic N) is 2. The lowest BCUT2D eigenvalue weighted by Crippen LogP contribution is -2.54. The molecule has 132 valence electrons. The Morgan fingerprint density at radius 1 is 1.21 bits per heavy atom. The van der Waals surface area contributed by atoms with Gasteiger partial charge in [-0.25, -0.2) is 4.79 Å². The number of ether oxygens (including phenoxy) is 1. The highest BCUT2D eigenvalue weighted by atomic mass is 16.6. The molecular formula is C19H28N2O3. The largest absolute Gasteiger partial charge is 0.445 e. The Kier molecular flexibility index (Phi) is 5.52. The fourth-order valence-corrected chi connectivity index (χ4v) is 3.59. The average molecular weight is 332 g/mol. The molecule has 2 amide bonds. The van der Waals surface area contributed by atoms with E-state index in [0.717, 1.165) is 5.56 Å². The molecule has 1 fully saturated rings. The molecule has 0 aromatic heterocycles. The molecule has 1 heterocycles. The Labute approximate surface area is 144 Å². The smallest absolute Gasteiger partial charge is 0.410 e. The van der Waals surface area contributed by atoms with Crippen molar-refractivity contribution in [1.82, 2.24) is 9.80 Å². The van der Waals surface area contributed by atoms with Crippen molar-refractivity contribution in [3.63, 3.8) is 0 Å². The highest BCUT2D eigenvalue weighted by Crippen LogP contribution is 2.46. The molecule has 0 aliphatic carbocycles. The monoisotopic (exact) mass is 332 g/mol. The van der Waals surface area contributed by atoms with Gasteiger partial charge in [0.15, 0.2) is 0 Å². The van der Waals surface area contributed by atoms with Crippen LogP contribution in [-0.4, -0.2) is 48.0 Å². The van der Waals surface area contributed by atoms with Crippen LogP contribution >= 0.6 is 0 Å². The quantitative estimate of drug-likeness (QED) is 0.829. The van der Waals surface area contributed by atoms with Crippen LogP contribution in [0.2, 0.25) is 0 Å². The number of amides is 2. The number of hydrogen-bond donors (Lipinski definition) is 0. The molecular weight excluding hydrogens is 304 g/mol. The maximum atomic E-state index is 12.5. The molecule has 1 aromatic carbocycles. The van der Waals surface area contributed by atoms with Crippen LogP contribution < -0.4 is 0 Å². The van der Waals surface area contributed by atoms with Crippen molar-refractivity contribution in [3.05, 3.63) is 35.9 Å². The zero-order chi connectivity index (χ0) is 17.9. The molecule has 0 bridgehead atoms. The second kappa shape index (κ2) is 7.24. The van der Waals surface area contributed by atoms with Crippen LogP contribution in [0.5, 0.6) is 0 Å². The fraction of sp³-hybridized carbons (Fsp3) is 0.579. The zero-order valence-corrected chi connectivity index (χ0v) is 15.3. The Balaban J connectivity index is 2.30. The van der Waals surface area contributed by atoms with Gasteiger partial charge in [0.1, 0.15) is 6.10 Å². The van der Waals surface area contributed by atoms with Crippen molar-refractivity contribution >= 4 is 12.0 Å². The normalized spacial score (nSPS) is 22.9. The molecule has 2 unspecified atom stereocenters. The third-order valence-electron chi connectivity index (χ3n) is 5.04. The van der Waals surface area contributed by atoms with E-state index in [0.29, 0.717) is 13.1 Å². The summed E-state index contributed by atoms with van der Waals surface area (Å²) in [4.78, 5) is 28.3. The van der Waals surface area contributed by atoms with Crippen LogP contribution in [-0.2, 0) is 9.53 Å². The summed E-state index contributed by atoms with van der Waals surface area (Å²) in [5, 5.41) is 0. The van der Waals surface area contributed by atoms with Crippen LogP contribution in [0.3, 0.4) is 0 Å². The number of benzene rings is 1. The van der Waals surface area contributed by atoms with E-state index in [1.165, 1.54) is 0 Å². The van der Waals surface area contributed by atoms with E-state index >= 15 is 0 Å². The maximum absolute atomic E-state index is 12.5. The van der Waals surface area contributed by atoms with Crippen LogP contribution in [0.15, 0.2) is 30.3 Å². The molecule has 1 aromatic rings. The minimum absolute atomic E-state index is 0.0299. The highest BCUT2D eigenvalue weighted by Gasteiger charge is 2.49. The summed E-state index contributed by atoms with van der Waals surface area (Å²) in [6.45, 7) is 9.37. The standard InChI is InChI=1S/C19H28N2O3/c1-6-21(7-2)16(22)13-15-19(3,4)17(20(5)18(23)24-15)14-11-9-8-10-12-14/h8-12,15,17H,6-7,13H2,1-5H3. The number of cyclic esters (lactones) is 1. The van der Waals surface area contributed by atoms with E-state index in [1.54, 1.807) is 16.8 Å². The molecule has 24 heavy (non-hydrogen) atoms. The molecule has 2 atom stereocenters. The molecule has 1 saturated heterocycles. The topological polar surface area (TPSA) is 49.9 Å². The van der Waals surface area contributed by atoms with Gasteiger partial charge in [0.2, 0.25) is 5.91 Å². The van der Waals surface area contributed by atoms with Gasteiger partial charge in [-0.3, -0.25) is 4.79 Å². The summed E-state index contributed by atoms with van der Waals surface area (Å²) >= 11 is 0. The van der Waals surface area contributed by atoms with Crippen molar-refractivity contribution in [1.29, 1.82) is 0 Å². The Morgan fingerprint density at radius 3 is 2.33 bits per heavy atom. The lowest BCUT2D eigenvalue weighted by atomic mass is 9.73. The summed E-state index contributed by atoms with van der Waals surface area (Å²) in [6, 6.07) is 9.80. The second-order valence-electron chi connectivity index (χ2n) is 6.89. The van der Waals surface area contributed by atoms with Gasteiger partial charge >= 0.3 is 6.09 Å². The highest BCUT2D eigenvalue weighted by molar-refractivity contribution is 5.78. The van der Waals surface area contributed by atoms with Crippen LogP contribution in [0.1, 0.15) is 45.7 Å². The predicted octanol–water partition coefficient (Wildman–Crippen LogP) is 3.46. The molecule has 0 N–H and O–H groups in total. The lowest BCUT2D eigenvalue weighted by molar-refractivity contribution is -0.139. The van der Waals surface area contributed by atoms with Crippen molar-refractivity contribution in [3.8, 4) is 0 Å². The van der Waals surface area contributed by atoms with Gasteiger partial charge in [-0.15, -0.1) is 0 Å². The molecule has 0 radical (unpaired) electrons. The Hall–Kier alpha value is -2.04. The minimum Gasteiger partial charge on any atom is -0.445 e. The SMILES string of the molecule is CCN(CC)C(=O)CC1OC(=O)N(C)C(c2ccccc2)C1(C)C. The van der Waals surface area contributed by atoms with Gasteiger partial charge in [-0.2, -0.15) is 0 Å². The van der Waals surface area contributed by atoms with E-state index in [-0.39, 0.29) is 29.9 Å². The first-order valence-corrected chi connectivity index (χ1v) is 8.59. The summed E-state index contributed by atoms with van der Waals surface area (Å²) in [7, 11) is 1.75. The fourth-order valence-electron chi connectivity index (χ4n) is 3.59. The third-order valence-corrected chi connectivity index (χ3v) is 5.04. The van der Waals surface area contributed by atoms with E-state index in [9.17, 15) is 9.59 Å². The first-order valence-electron chi connectivity index (χ1n) is 8.59. The molecule has 0 spiro atoms. The zero-order valence-electron chi connectivity index (χ0n) is 15.3. The molecule has 1 aliphatic heterocycles. The van der Waals surface area contributed by atoms with Crippen LogP contribution in [0.25, 0.3) is 0 Å². The molecule has 0 saturated carbocycles. The van der Waals surface area contributed by atoms with Gasteiger partial charge in [-0.05, 0) is 19.4 Å². The van der Waals surface area contributed by atoms with E-state index in [4.69, 9.17) is 4.74 Å². The van der Waals surface area contributed by atoms with E-state index < -0.39 is 6.10 Å². The van der Waals surface area contributed by atoms with Gasteiger partial charge in [0, 0.05) is 25.6 Å². The maximum Gasteiger partial charge on any atom is 0.410 e. The third kappa shape index (κ3) is 3.40. The van der Waals surface area contributed by atoms with Crippen LogP contribution in [0, 0.1) is 5.41 Å². The first-order chi connectivity index (χ1) is 11.3. The number of carbonyl (C=O) groups excluding carboxylic acids is 2. The molecule has 5 heteroatoms. The van der Waals surface area contributed by atoms with Gasteiger partial charge in [-0.1, -0.05) is 44.2 Å². The number of hydrogen-bond acceptors (Lipinski definition) is 3. The van der Waals surface area contributed by atoms with Gasteiger partial charge in [0.25, 0.3) is 0 Å². The summed E-state index contributed by atoms with van der Waals surface area (Å²) < 4.78 is 5.61. The second-order valence-corrected chi connectivity index (χ2v) is 6.89. The summed E-state index contributed by atoms with van der Waals surface area (Å²) in [5.74, 6) is 0.0299. The minimum atomic E-state index is -0.445. The van der Waals surface area contributed by atoms with Crippen molar-refractivity contribution in [2.24, 2.45) is 5.41 Å². The lowest BCUT2D eigenvalue weighted by Gasteiger charge is -2.49. The van der Waals surface area contributed by atoms with Crippen molar-refractivity contribution in [2.45, 2.75) is 46.3 Å². The number of carbonyl (C=O) groups is 2. The first kappa shape index (κ1) is 18.3. The van der Waals surface area contributed by atoms with Crippen molar-refractivity contribution < 1.29 is 14.3 Å². The summed E-state index contributed by atoms with van der Waals surface area (Å²) in [6.07, 6.45) is -0.600. The average Bonchev–Trinajstić information content (AvgIpc) is 2.55. The Bertz CT molecular complexity index is 582. The summed E-state index contributed by atoms with van der Waals surface area (Å²) in [5.41, 5.74) is 0.675. The van der Waals surface area contributed by atoms with Crippen LogP contribution in [0.4, 0.5) is 4.79 Å². The predicted molar refractivity (Wildman–Crippen MR) is 93.5 cm³/mol. The van der Waals surface area contributed by atoms with Gasteiger partial charge < -0.3 is 14.5 Å². The Morgan fingerprint density at radius 2 is 1.79 bits per heavy atom. The van der Waals surface area contributed by atoms with E-state index in [2.05, 4.69) is 13.8 Å². The van der Waals surface area contributed by atoms with Crippen molar-refractivity contribution in [2.75, 3.05) is 20.1 Å². The molecule has 2 rings (SSSR count).